The first kappa shape index (κ1) is 9.26. The number of hydrogen-bond acceptors (Lipinski definition) is 5. The second-order valence-electron chi connectivity index (χ2n) is 2.64. The number of rotatable bonds is 0. The Hall–Kier alpha value is -2.30. The van der Waals surface area contributed by atoms with Gasteiger partial charge >= 0.3 is 0 Å². The highest BCUT2D eigenvalue weighted by Crippen LogP contribution is 2.04. The zero-order valence-electron chi connectivity index (χ0n) is 7.82. The predicted octanol–water partition coefficient (Wildman–Crippen LogP) is 1.70. The van der Waals surface area contributed by atoms with Crippen LogP contribution in [0.1, 0.15) is 0 Å². The Morgan fingerprint density at radius 3 is 2.07 bits per heavy atom. The van der Waals surface area contributed by atoms with Crippen molar-refractivity contribution in [3.63, 3.8) is 0 Å². The first-order chi connectivity index (χ1) is 7.47. The van der Waals surface area contributed by atoms with E-state index in [9.17, 15) is 0 Å². The average molecular weight is 200 g/mol. The molecule has 0 fully saturated rings. The molecule has 15 heavy (non-hydrogen) atoms. The molecule has 5 nitrogen and oxygen atoms in total. The van der Waals surface area contributed by atoms with Gasteiger partial charge in [0.1, 0.15) is 6.26 Å². The lowest BCUT2D eigenvalue weighted by Gasteiger charge is -1.90. The van der Waals surface area contributed by atoms with Gasteiger partial charge in [-0.2, -0.15) is 0 Å². The minimum absolute atomic E-state index is 0.810. The van der Waals surface area contributed by atoms with E-state index in [0.717, 1.165) is 11.0 Å². The summed E-state index contributed by atoms with van der Waals surface area (Å²) in [5, 5.41) is 7.49. The Bertz CT molecular complexity index is 427. The molecule has 0 aromatic carbocycles. The molecule has 0 aliphatic carbocycles. The molecule has 0 aliphatic heterocycles. The molecule has 74 valence electrons. The van der Waals surface area contributed by atoms with Crippen LogP contribution in [0.4, 0.5) is 0 Å². The largest absolute Gasteiger partial charge is 0.346 e. The lowest BCUT2D eigenvalue weighted by molar-refractivity contribution is 0.393. The highest BCUT2D eigenvalue weighted by molar-refractivity contribution is 5.73. The molecule has 5 heteroatoms. The minimum atomic E-state index is 0.810. The van der Waals surface area contributed by atoms with E-state index in [1.807, 2.05) is 24.3 Å². The number of hydrogen-bond donors (Lipinski definition) is 0. The van der Waals surface area contributed by atoms with Gasteiger partial charge in [0.05, 0.1) is 6.20 Å². The summed E-state index contributed by atoms with van der Waals surface area (Å²) in [5.41, 5.74) is 0.810. The third kappa shape index (κ3) is 2.57. The van der Waals surface area contributed by atoms with Gasteiger partial charge in [-0.15, -0.1) is 5.10 Å². The fourth-order valence-electron chi connectivity index (χ4n) is 1.04. The van der Waals surface area contributed by atoms with Gasteiger partial charge < -0.3 is 4.52 Å². The van der Waals surface area contributed by atoms with Gasteiger partial charge in [0.15, 0.2) is 5.65 Å². The van der Waals surface area contributed by atoms with Crippen LogP contribution in [0.25, 0.3) is 11.0 Å². The molecule has 3 heterocycles. The third-order valence-corrected chi connectivity index (χ3v) is 1.66. The summed E-state index contributed by atoms with van der Waals surface area (Å²) in [6.45, 7) is 0. The molecule has 3 rings (SSSR count). The fraction of sp³-hybridized carbons (Fsp3) is 0. The Kier molecular flexibility index (Phi) is 2.97. The van der Waals surface area contributed by atoms with Crippen LogP contribution in [0.2, 0.25) is 0 Å². The molecule has 3 aromatic rings. The average Bonchev–Trinajstić information content (AvgIpc) is 2.88. The van der Waals surface area contributed by atoms with Crippen molar-refractivity contribution < 1.29 is 4.52 Å². The fourth-order valence-corrected chi connectivity index (χ4v) is 1.04. The van der Waals surface area contributed by atoms with Gasteiger partial charge in [-0.1, -0.05) is 0 Å². The van der Waals surface area contributed by atoms with E-state index in [-0.39, 0.29) is 0 Å². The van der Waals surface area contributed by atoms with E-state index in [1.165, 1.54) is 12.5 Å². The zero-order chi connectivity index (χ0) is 10.3. The number of fused-ring (bicyclic) bond motifs is 1. The van der Waals surface area contributed by atoms with E-state index in [4.69, 9.17) is 0 Å². The molecule has 0 spiro atoms. The summed E-state index contributed by atoms with van der Waals surface area (Å²) in [7, 11) is 0. The number of pyridine rings is 2. The van der Waals surface area contributed by atoms with Gasteiger partial charge in [-0.3, -0.25) is 0 Å². The summed E-state index contributed by atoms with van der Waals surface area (Å²) in [5.74, 6) is 0. The van der Waals surface area contributed by atoms with Crippen LogP contribution in [0, 0.1) is 0 Å². The smallest absolute Gasteiger partial charge is 0.159 e. The molecule has 0 amide bonds. The number of aromatic nitrogens is 4. The van der Waals surface area contributed by atoms with Crippen LogP contribution >= 0.6 is 0 Å². The molecule has 0 N–H and O–H groups in total. The van der Waals surface area contributed by atoms with Crippen LogP contribution in [0.3, 0.4) is 0 Å². The van der Waals surface area contributed by atoms with Crippen molar-refractivity contribution in [2.24, 2.45) is 0 Å². The molecular formula is C10H8N4O. The van der Waals surface area contributed by atoms with Crippen molar-refractivity contribution >= 4 is 11.0 Å². The second-order valence-corrected chi connectivity index (χ2v) is 2.64. The van der Waals surface area contributed by atoms with E-state index >= 15 is 0 Å². The molecule has 3 aromatic heterocycles. The van der Waals surface area contributed by atoms with Gasteiger partial charge in [0.2, 0.25) is 0 Å². The van der Waals surface area contributed by atoms with Crippen molar-refractivity contribution in [1.29, 1.82) is 0 Å². The van der Waals surface area contributed by atoms with Crippen LogP contribution in [-0.2, 0) is 0 Å². The van der Waals surface area contributed by atoms with Gasteiger partial charge in [0, 0.05) is 23.1 Å². The molecule has 0 saturated heterocycles. The van der Waals surface area contributed by atoms with Crippen LogP contribution < -0.4 is 0 Å². The summed E-state index contributed by atoms with van der Waals surface area (Å²) >= 11 is 0. The van der Waals surface area contributed by atoms with E-state index in [0.29, 0.717) is 0 Å². The lowest BCUT2D eigenvalue weighted by Crippen LogP contribution is -1.78. The van der Waals surface area contributed by atoms with Crippen molar-refractivity contribution in [1.82, 2.24) is 20.3 Å². The van der Waals surface area contributed by atoms with Gasteiger partial charge in [-0.05, 0) is 24.3 Å². The van der Waals surface area contributed by atoms with Crippen LogP contribution in [0.5, 0.6) is 0 Å². The Morgan fingerprint density at radius 2 is 1.67 bits per heavy atom. The van der Waals surface area contributed by atoms with Crippen molar-refractivity contribution in [2.75, 3.05) is 0 Å². The minimum Gasteiger partial charge on any atom is -0.346 e. The topological polar surface area (TPSA) is 64.7 Å². The Balaban J connectivity index is 0.000000144. The monoisotopic (exact) mass is 200 g/mol. The van der Waals surface area contributed by atoms with Crippen LogP contribution in [0.15, 0.2) is 53.6 Å². The highest BCUT2D eigenvalue weighted by Gasteiger charge is 1.88. The molecule has 0 unspecified atom stereocenters. The molecule has 0 atom stereocenters. The molecule has 0 aliphatic rings. The van der Waals surface area contributed by atoms with Gasteiger partial charge in [0.25, 0.3) is 0 Å². The predicted molar refractivity (Wildman–Crippen MR) is 53.8 cm³/mol. The van der Waals surface area contributed by atoms with Crippen molar-refractivity contribution in [3.8, 4) is 0 Å². The van der Waals surface area contributed by atoms with Crippen molar-refractivity contribution in [3.05, 3.63) is 49.1 Å². The molecule has 0 radical (unpaired) electrons. The molecule has 0 bridgehead atoms. The second kappa shape index (κ2) is 4.80. The quantitative estimate of drug-likeness (QED) is 0.552. The zero-order valence-corrected chi connectivity index (χ0v) is 7.82. The maximum Gasteiger partial charge on any atom is 0.159 e. The Morgan fingerprint density at radius 1 is 0.933 bits per heavy atom. The number of nitrogens with zero attached hydrogens (tertiary/aromatic N) is 4. The highest BCUT2D eigenvalue weighted by atomic mass is 16.5. The summed E-state index contributed by atoms with van der Waals surface area (Å²) in [6.07, 6.45) is 6.37. The van der Waals surface area contributed by atoms with E-state index < -0.39 is 0 Å². The normalized spacial score (nSPS) is 9.33. The van der Waals surface area contributed by atoms with E-state index in [2.05, 4.69) is 24.9 Å². The molecule has 0 saturated carbocycles. The molecular weight excluding hydrogens is 192 g/mol. The standard InChI is InChI=1S/C8H6N2.C2H2N2O/c1-3-7-4-2-6-10-8(7)9-5-1;1-2-5-4-3-1/h1-6H;1-2H. The maximum atomic E-state index is 4.22. The maximum absolute atomic E-state index is 4.22. The van der Waals surface area contributed by atoms with Crippen LogP contribution in [-0.4, -0.2) is 20.3 Å². The Labute approximate surface area is 85.8 Å². The summed E-state index contributed by atoms with van der Waals surface area (Å²) < 4.78 is 4.22. The SMILES string of the molecule is c1cnc2ncccc2c1.c1conn1. The lowest BCUT2D eigenvalue weighted by atomic mass is 10.3. The summed E-state index contributed by atoms with van der Waals surface area (Å²) in [4.78, 5) is 8.14. The summed E-state index contributed by atoms with van der Waals surface area (Å²) in [6, 6.07) is 7.80. The van der Waals surface area contributed by atoms with Gasteiger partial charge in [-0.25, -0.2) is 9.97 Å². The first-order valence-electron chi connectivity index (χ1n) is 4.33. The van der Waals surface area contributed by atoms with E-state index in [1.54, 1.807) is 12.4 Å². The third-order valence-electron chi connectivity index (χ3n) is 1.66. The first-order valence-corrected chi connectivity index (χ1v) is 4.33. The van der Waals surface area contributed by atoms with Crippen molar-refractivity contribution in [2.45, 2.75) is 0 Å².